The van der Waals surface area contributed by atoms with E-state index in [0.29, 0.717) is 6.04 Å². The second kappa shape index (κ2) is 5.49. The van der Waals surface area contributed by atoms with Crippen molar-refractivity contribution in [3.63, 3.8) is 0 Å². The Bertz CT molecular complexity index is 412. The number of ether oxygens (including phenoxy) is 3. The van der Waals surface area contributed by atoms with Crippen LogP contribution in [0.25, 0.3) is 0 Å². The van der Waals surface area contributed by atoms with Gasteiger partial charge in [-0.2, -0.15) is 0 Å². The van der Waals surface area contributed by atoms with Crippen LogP contribution in [0.3, 0.4) is 0 Å². The Morgan fingerprint density at radius 3 is 2.05 bits per heavy atom. The Labute approximate surface area is 115 Å². The fourth-order valence-electron chi connectivity index (χ4n) is 2.67. The van der Waals surface area contributed by atoms with E-state index in [-0.39, 0.29) is 6.04 Å². The highest BCUT2D eigenvalue weighted by molar-refractivity contribution is 5.32. The predicted octanol–water partition coefficient (Wildman–Crippen LogP) is 2.23. The van der Waals surface area contributed by atoms with Gasteiger partial charge in [0.2, 0.25) is 5.79 Å². The Hall–Kier alpha value is -1.10. The lowest BCUT2D eigenvalue weighted by Crippen LogP contribution is -2.39. The Balaban J connectivity index is 2.28. The second-order valence-corrected chi connectivity index (χ2v) is 5.11. The number of hydrogen-bond donors (Lipinski definition) is 0. The molecule has 0 aliphatic carbocycles. The first kappa shape index (κ1) is 14.3. The van der Waals surface area contributed by atoms with E-state index in [1.165, 1.54) is 0 Å². The highest BCUT2D eigenvalue weighted by atomic mass is 16.7. The molecule has 0 bridgehead atoms. The predicted molar refractivity (Wildman–Crippen MR) is 74.3 cm³/mol. The molecule has 2 rings (SSSR count). The quantitative estimate of drug-likeness (QED) is 0.583. The van der Waals surface area contributed by atoms with Gasteiger partial charge in [-0.15, -0.1) is 0 Å². The highest BCUT2D eigenvalue weighted by Gasteiger charge is 2.54. The summed E-state index contributed by atoms with van der Waals surface area (Å²) < 4.78 is 16.7. The third-order valence-corrected chi connectivity index (χ3v) is 3.85. The van der Waals surface area contributed by atoms with Gasteiger partial charge in [-0.3, -0.25) is 4.90 Å². The monoisotopic (exact) mass is 265 g/mol. The van der Waals surface area contributed by atoms with Crippen LogP contribution in [0.5, 0.6) is 5.75 Å². The molecular formula is C15H23NO3. The zero-order chi connectivity index (χ0) is 14.0. The Kier molecular flexibility index (Phi) is 4.13. The largest absolute Gasteiger partial charge is 0.497 e. The molecule has 0 radical (unpaired) electrons. The van der Waals surface area contributed by atoms with Gasteiger partial charge in [0.15, 0.2) is 0 Å². The number of methoxy groups -OCH3 is 3. The number of hydrogen-bond acceptors (Lipinski definition) is 4. The van der Waals surface area contributed by atoms with Crippen molar-refractivity contribution in [3.8, 4) is 5.75 Å². The molecule has 0 amide bonds. The van der Waals surface area contributed by atoms with Crippen molar-refractivity contribution >= 4 is 0 Å². The summed E-state index contributed by atoms with van der Waals surface area (Å²) in [6, 6.07) is 8.63. The van der Waals surface area contributed by atoms with Crippen molar-refractivity contribution in [1.29, 1.82) is 0 Å². The van der Waals surface area contributed by atoms with Crippen molar-refractivity contribution < 1.29 is 14.2 Å². The van der Waals surface area contributed by atoms with Gasteiger partial charge in [0, 0.05) is 32.4 Å². The van der Waals surface area contributed by atoms with E-state index in [1.54, 1.807) is 21.3 Å². The van der Waals surface area contributed by atoms with Crippen LogP contribution in [0, 0.1) is 0 Å². The zero-order valence-corrected chi connectivity index (χ0v) is 12.3. The van der Waals surface area contributed by atoms with Crippen molar-refractivity contribution in [1.82, 2.24) is 4.90 Å². The number of nitrogens with zero attached hydrogens (tertiary/aromatic N) is 1. The first-order valence-electron chi connectivity index (χ1n) is 6.59. The maximum atomic E-state index is 5.75. The SMILES string of the molecule is COc1ccc(C(OC)(OC)C2CN2C(C)C)cc1. The fourth-order valence-corrected chi connectivity index (χ4v) is 2.67. The van der Waals surface area contributed by atoms with E-state index in [1.807, 2.05) is 24.3 Å². The minimum absolute atomic E-state index is 0.260. The van der Waals surface area contributed by atoms with E-state index < -0.39 is 5.79 Å². The highest BCUT2D eigenvalue weighted by Crippen LogP contribution is 2.41. The van der Waals surface area contributed by atoms with Gasteiger partial charge >= 0.3 is 0 Å². The molecule has 2 unspecified atom stereocenters. The van der Waals surface area contributed by atoms with E-state index in [0.717, 1.165) is 17.9 Å². The minimum Gasteiger partial charge on any atom is -0.497 e. The average molecular weight is 265 g/mol. The summed E-state index contributed by atoms with van der Waals surface area (Å²) in [5.74, 6) is 0.137. The van der Waals surface area contributed by atoms with Gasteiger partial charge in [-0.1, -0.05) is 0 Å². The van der Waals surface area contributed by atoms with Gasteiger partial charge < -0.3 is 14.2 Å². The van der Waals surface area contributed by atoms with Crippen LogP contribution in [0.1, 0.15) is 19.4 Å². The van der Waals surface area contributed by atoms with Gasteiger partial charge in [0.1, 0.15) is 5.75 Å². The molecule has 4 nitrogen and oxygen atoms in total. The summed E-state index contributed by atoms with van der Waals surface area (Å²) in [4.78, 5) is 2.36. The van der Waals surface area contributed by atoms with Crippen LogP contribution in [-0.2, 0) is 15.3 Å². The molecule has 19 heavy (non-hydrogen) atoms. The third-order valence-electron chi connectivity index (χ3n) is 3.85. The number of rotatable bonds is 6. The van der Waals surface area contributed by atoms with E-state index >= 15 is 0 Å². The van der Waals surface area contributed by atoms with E-state index in [4.69, 9.17) is 14.2 Å². The van der Waals surface area contributed by atoms with Crippen LogP contribution >= 0.6 is 0 Å². The molecule has 1 aromatic carbocycles. The standard InChI is InChI=1S/C15H23NO3/c1-11(2)16-10-14(16)15(18-4,19-5)12-6-8-13(17-3)9-7-12/h6-9,11,14H,10H2,1-5H3. The molecule has 0 saturated carbocycles. The minimum atomic E-state index is -0.698. The molecule has 4 heteroatoms. The molecule has 1 aliphatic rings. The van der Waals surface area contributed by atoms with Crippen LogP contribution < -0.4 is 4.74 Å². The molecule has 0 spiro atoms. The van der Waals surface area contributed by atoms with Crippen molar-refractivity contribution in [2.24, 2.45) is 0 Å². The topological polar surface area (TPSA) is 30.7 Å². The first-order chi connectivity index (χ1) is 9.08. The molecule has 1 saturated heterocycles. The maximum absolute atomic E-state index is 5.75. The van der Waals surface area contributed by atoms with Crippen molar-refractivity contribution in [3.05, 3.63) is 29.8 Å². The maximum Gasteiger partial charge on any atom is 0.211 e. The molecule has 2 atom stereocenters. The van der Waals surface area contributed by atoms with Gasteiger partial charge in [0.25, 0.3) is 0 Å². The molecule has 0 aromatic heterocycles. The summed E-state index contributed by atoms with van der Waals surface area (Å²) in [6.45, 7) is 5.36. The summed E-state index contributed by atoms with van der Waals surface area (Å²) in [7, 11) is 5.06. The van der Waals surface area contributed by atoms with Crippen LogP contribution in [0.15, 0.2) is 24.3 Å². The van der Waals surface area contributed by atoms with E-state index in [2.05, 4.69) is 18.7 Å². The Morgan fingerprint density at radius 2 is 1.68 bits per heavy atom. The fraction of sp³-hybridized carbons (Fsp3) is 0.600. The number of benzene rings is 1. The molecule has 1 fully saturated rings. The normalized spacial score (nSPS) is 22.6. The van der Waals surface area contributed by atoms with Gasteiger partial charge in [0.05, 0.1) is 13.2 Å². The third kappa shape index (κ3) is 2.48. The van der Waals surface area contributed by atoms with Gasteiger partial charge in [-0.25, -0.2) is 0 Å². The van der Waals surface area contributed by atoms with Crippen LogP contribution in [0.4, 0.5) is 0 Å². The summed E-state index contributed by atoms with van der Waals surface area (Å²) >= 11 is 0. The molecule has 1 aromatic rings. The smallest absolute Gasteiger partial charge is 0.211 e. The molecule has 106 valence electrons. The van der Waals surface area contributed by atoms with Crippen LogP contribution in [0.2, 0.25) is 0 Å². The lowest BCUT2D eigenvalue weighted by Gasteiger charge is -2.32. The van der Waals surface area contributed by atoms with Gasteiger partial charge in [-0.05, 0) is 38.1 Å². The molecule has 1 aliphatic heterocycles. The molecular weight excluding hydrogens is 242 g/mol. The average Bonchev–Trinajstić information content (AvgIpc) is 3.23. The second-order valence-electron chi connectivity index (χ2n) is 5.11. The first-order valence-corrected chi connectivity index (χ1v) is 6.59. The summed E-state index contributed by atoms with van der Waals surface area (Å²) in [6.07, 6.45) is 0. The summed E-state index contributed by atoms with van der Waals surface area (Å²) in [5.41, 5.74) is 1.02. The van der Waals surface area contributed by atoms with Crippen LogP contribution in [-0.4, -0.2) is 44.9 Å². The van der Waals surface area contributed by atoms with Crippen molar-refractivity contribution in [2.45, 2.75) is 31.7 Å². The summed E-state index contributed by atoms with van der Waals surface area (Å²) in [5, 5.41) is 0. The Morgan fingerprint density at radius 1 is 1.11 bits per heavy atom. The lowest BCUT2D eigenvalue weighted by molar-refractivity contribution is -0.221. The lowest BCUT2D eigenvalue weighted by atomic mass is 10.0. The molecule has 0 N–H and O–H groups in total. The van der Waals surface area contributed by atoms with E-state index in [9.17, 15) is 0 Å². The van der Waals surface area contributed by atoms with Crippen molar-refractivity contribution in [2.75, 3.05) is 27.9 Å². The zero-order valence-electron chi connectivity index (χ0n) is 12.3. The molecule has 1 heterocycles.